The highest BCUT2D eigenvalue weighted by atomic mass is 16.4. The summed E-state index contributed by atoms with van der Waals surface area (Å²) in [6.07, 6.45) is 1.55. The standard InChI is InChI=1S/C13H13NO3/c1-2-11(15)13(7-12(16)17)8-14-10-6-4-3-5-9(10)13/h3-6,8H,2,7H2,1H3,(H,16,17). The third-order valence-corrected chi connectivity index (χ3v) is 3.06. The molecule has 4 nitrogen and oxygen atoms in total. The maximum atomic E-state index is 12.1. The summed E-state index contributed by atoms with van der Waals surface area (Å²) in [5.74, 6) is -1.09. The third kappa shape index (κ3) is 1.75. The van der Waals surface area contributed by atoms with Crippen LogP contribution in [0.15, 0.2) is 29.3 Å². The van der Waals surface area contributed by atoms with Crippen molar-refractivity contribution in [3.05, 3.63) is 29.8 Å². The van der Waals surface area contributed by atoms with Crippen LogP contribution in [0.25, 0.3) is 0 Å². The predicted octanol–water partition coefficient (Wildman–Crippen LogP) is 2.09. The summed E-state index contributed by atoms with van der Waals surface area (Å²) in [4.78, 5) is 27.2. The van der Waals surface area contributed by atoms with Crippen LogP contribution in [-0.4, -0.2) is 23.1 Å². The number of ketones is 1. The van der Waals surface area contributed by atoms with E-state index in [0.29, 0.717) is 17.7 Å². The Bertz CT molecular complexity index is 507. The molecule has 0 spiro atoms. The zero-order valence-corrected chi connectivity index (χ0v) is 9.51. The lowest BCUT2D eigenvalue weighted by atomic mass is 9.75. The van der Waals surface area contributed by atoms with Crippen LogP contribution in [-0.2, 0) is 15.0 Å². The molecule has 1 aliphatic rings. The molecule has 2 rings (SSSR count). The second-order valence-corrected chi connectivity index (χ2v) is 4.09. The summed E-state index contributed by atoms with van der Waals surface area (Å²) < 4.78 is 0. The number of carboxylic acids is 1. The highest BCUT2D eigenvalue weighted by Crippen LogP contribution is 2.40. The number of hydrogen-bond acceptors (Lipinski definition) is 3. The fourth-order valence-corrected chi connectivity index (χ4v) is 2.23. The molecule has 1 aliphatic heterocycles. The number of hydrogen-bond donors (Lipinski definition) is 1. The molecule has 0 saturated carbocycles. The summed E-state index contributed by atoms with van der Waals surface area (Å²) in [6, 6.07) is 7.19. The number of carbonyl (C=O) groups excluding carboxylic acids is 1. The lowest BCUT2D eigenvalue weighted by molar-refractivity contribution is -0.140. The minimum Gasteiger partial charge on any atom is -0.481 e. The van der Waals surface area contributed by atoms with Gasteiger partial charge in [0.15, 0.2) is 0 Å². The van der Waals surface area contributed by atoms with Crippen LogP contribution in [0.1, 0.15) is 25.3 Å². The summed E-state index contributed by atoms with van der Waals surface area (Å²) >= 11 is 0. The van der Waals surface area contributed by atoms with Crippen LogP contribution in [0.3, 0.4) is 0 Å². The van der Waals surface area contributed by atoms with Crippen molar-refractivity contribution in [1.82, 2.24) is 0 Å². The van der Waals surface area contributed by atoms with Crippen molar-refractivity contribution in [1.29, 1.82) is 0 Å². The minimum absolute atomic E-state index is 0.103. The molecule has 0 radical (unpaired) electrons. The molecular weight excluding hydrogens is 218 g/mol. The Kier molecular flexibility index (Phi) is 2.79. The van der Waals surface area contributed by atoms with Crippen molar-refractivity contribution in [2.24, 2.45) is 4.99 Å². The normalized spacial score (nSPS) is 21.2. The summed E-state index contributed by atoms with van der Waals surface area (Å²) in [7, 11) is 0. The molecule has 1 unspecified atom stereocenters. The fourth-order valence-electron chi connectivity index (χ4n) is 2.23. The van der Waals surface area contributed by atoms with Gasteiger partial charge in [0.05, 0.1) is 12.1 Å². The average molecular weight is 231 g/mol. The van der Waals surface area contributed by atoms with E-state index in [-0.39, 0.29) is 12.2 Å². The number of nitrogens with zero attached hydrogens (tertiary/aromatic N) is 1. The maximum Gasteiger partial charge on any atom is 0.305 e. The van der Waals surface area contributed by atoms with E-state index in [9.17, 15) is 9.59 Å². The van der Waals surface area contributed by atoms with E-state index in [2.05, 4.69) is 4.99 Å². The van der Waals surface area contributed by atoms with Gasteiger partial charge < -0.3 is 5.11 Å². The lowest BCUT2D eigenvalue weighted by Gasteiger charge is -2.23. The van der Waals surface area contributed by atoms with Crippen molar-refractivity contribution in [3.8, 4) is 0 Å². The largest absolute Gasteiger partial charge is 0.481 e. The molecule has 1 aromatic rings. The van der Waals surface area contributed by atoms with E-state index < -0.39 is 11.4 Å². The monoisotopic (exact) mass is 231 g/mol. The summed E-state index contributed by atoms with van der Waals surface area (Å²) in [5.41, 5.74) is 0.321. The van der Waals surface area contributed by atoms with E-state index >= 15 is 0 Å². The Balaban J connectivity index is 2.54. The molecule has 0 bridgehead atoms. The first-order chi connectivity index (χ1) is 8.10. The van der Waals surface area contributed by atoms with Crippen LogP contribution in [0.4, 0.5) is 5.69 Å². The molecule has 0 aromatic heterocycles. The van der Waals surface area contributed by atoms with Crippen molar-refractivity contribution >= 4 is 23.7 Å². The number of aliphatic imine (C=N–C) groups is 1. The Labute approximate surface area is 99.0 Å². The van der Waals surface area contributed by atoms with Gasteiger partial charge in [-0.2, -0.15) is 0 Å². The van der Waals surface area contributed by atoms with Crippen molar-refractivity contribution < 1.29 is 14.7 Å². The van der Waals surface area contributed by atoms with Gasteiger partial charge in [-0.1, -0.05) is 25.1 Å². The Morgan fingerprint density at radius 1 is 1.35 bits per heavy atom. The first-order valence-electron chi connectivity index (χ1n) is 5.50. The first-order valence-corrected chi connectivity index (χ1v) is 5.50. The van der Waals surface area contributed by atoms with Gasteiger partial charge in [0, 0.05) is 12.6 Å². The zero-order chi connectivity index (χ0) is 12.5. The molecule has 0 fully saturated rings. The van der Waals surface area contributed by atoms with Crippen LogP contribution < -0.4 is 0 Å². The molecule has 88 valence electrons. The number of rotatable bonds is 4. The highest BCUT2D eigenvalue weighted by Gasteiger charge is 2.43. The van der Waals surface area contributed by atoms with Crippen molar-refractivity contribution in [2.75, 3.05) is 0 Å². The van der Waals surface area contributed by atoms with E-state index in [0.717, 1.165) is 0 Å². The van der Waals surface area contributed by atoms with Gasteiger partial charge in [-0.05, 0) is 11.6 Å². The van der Waals surface area contributed by atoms with Crippen LogP contribution in [0.5, 0.6) is 0 Å². The predicted molar refractivity (Wildman–Crippen MR) is 63.8 cm³/mol. The van der Waals surface area contributed by atoms with Crippen LogP contribution in [0, 0.1) is 0 Å². The first kappa shape index (κ1) is 11.5. The van der Waals surface area contributed by atoms with Gasteiger partial charge in [-0.15, -0.1) is 0 Å². The molecule has 1 aromatic carbocycles. The molecule has 4 heteroatoms. The Hall–Kier alpha value is -1.97. The molecule has 0 saturated heterocycles. The smallest absolute Gasteiger partial charge is 0.305 e. The molecule has 17 heavy (non-hydrogen) atoms. The van der Waals surface area contributed by atoms with Gasteiger partial charge in [-0.25, -0.2) is 0 Å². The number of fused-ring (bicyclic) bond motifs is 1. The van der Waals surface area contributed by atoms with Crippen molar-refractivity contribution in [3.63, 3.8) is 0 Å². The van der Waals surface area contributed by atoms with Gasteiger partial charge in [-0.3, -0.25) is 14.6 Å². The van der Waals surface area contributed by atoms with E-state index in [1.807, 2.05) is 6.07 Å². The Morgan fingerprint density at radius 2 is 2.06 bits per heavy atom. The summed E-state index contributed by atoms with van der Waals surface area (Å²) in [5, 5.41) is 9.00. The minimum atomic E-state index is -1.07. The number of carboxylic acid groups (broad SMARTS) is 1. The lowest BCUT2D eigenvalue weighted by Crippen LogP contribution is -2.37. The zero-order valence-electron chi connectivity index (χ0n) is 9.51. The van der Waals surface area contributed by atoms with E-state index in [1.54, 1.807) is 25.1 Å². The molecule has 0 aliphatic carbocycles. The number of para-hydroxylation sites is 1. The number of benzene rings is 1. The second kappa shape index (κ2) is 4.13. The highest BCUT2D eigenvalue weighted by molar-refractivity contribution is 6.11. The van der Waals surface area contributed by atoms with Crippen molar-refractivity contribution in [2.45, 2.75) is 25.2 Å². The SMILES string of the molecule is CCC(=O)C1(CC(=O)O)C=Nc2ccccc21. The number of Topliss-reactive ketones (excluding diaryl/α,β-unsaturated/α-hetero) is 1. The second-order valence-electron chi connectivity index (χ2n) is 4.09. The van der Waals surface area contributed by atoms with E-state index in [4.69, 9.17) is 5.11 Å². The topological polar surface area (TPSA) is 66.7 Å². The molecular formula is C13H13NO3. The van der Waals surface area contributed by atoms with Crippen LogP contribution >= 0.6 is 0 Å². The van der Waals surface area contributed by atoms with Gasteiger partial charge in [0.2, 0.25) is 0 Å². The van der Waals surface area contributed by atoms with Gasteiger partial charge in [0.1, 0.15) is 11.2 Å². The van der Waals surface area contributed by atoms with E-state index in [1.165, 1.54) is 6.21 Å². The fraction of sp³-hybridized carbons (Fsp3) is 0.308. The number of carbonyl (C=O) groups is 2. The average Bonchev–Trinajstić information content (AvgIpc) is 2.68. The maximum absolute atomic E-state index is 12.1. The summed E-state index contributed by atoms with van der Waals surface area (Å²) in [6.45, 7) is 1.74. The molecule has 1 atom stereocenters. The molecule has 0 amide bonds. The third-order valence-electron chi connectivity index (χ3n) is 3.06. The van der Waals surface area contributed by atoms with Crippen LogP contribution in [0.2, 0.25) is 0 Å². The number of aliphatic carboxylic acids is 1. The quantitative estimate of drug-likeness (QED) is 0.862. The van der Waals surface area contributed by atoms with Gasteiger partial charge >= 0.3 is 5.97 Å². The van der Waals surface area contributed by atoms with Gasteiger partial charge in [0.25, 0.3) is 0 Å². The molecule has 1 N–H and O–H groups in total. The Morgan fingerprint density at radius 3 is 2.71 bits per heavy atom. The molecule has 1 heterocycles.